The van der Waals surface area contributed by atoms with E-state index in [1.54, 1.807) is 0 Å². The van der Waals surface area contributed by atoms with Gasteiger partial charge in [-0.25, -0.2) is 0 Å². The highest BCUT2D eigenvalue weighted by atomic mass is 16.1. The Bertz CT molecular complexity index is 206. The van der Waals surface area contributed by atoms with Gasteiger partial charge in [0, 0.05) is 18.5 Å². The van der Waals surface area contributed by atoms with Gasteiger partial charge in [0.15, 0.2) is 0 Å². The van der Waals surface area contributed by atoms with Crippen LogP contribution in [-0.4, -0.2) is 25.5 Å². The van der Waals surface area contributed by atoms with Crippen LogP contribution in [0.25, 0.3) is 0 Å². The first-order valence-electron chi connectivity index (χ1n) is 6.14. The Morgan fingerprint density at radius 3 is 2.80 bits per heavy atom. The lowest BCUT2D eigenvalue weighted by molar-refractivity contribution is -0.125. The van der Waals surface area contributed by atoms with Crippen LogP contribution in [0.1, 0.15) is 39.5 Å². The van der Waals surface area contributed by atoms with Crippen LogP contribution in [0.15, 0.2) is 0 Å². The van der Waals surface area contributed by atoms with Crippen molar-refractivity contribution in [1.29, 1.82) is 0 Å². The largest absolute Gasteiger partial charge is 0.353 e. The van der Waals surface area contributed by atoms with Crippen molar-refractivity contribution in [3.63, 3.8) is 0 Å². The fraction of sp³-hybridized carbons (Fsp3) is 0.917. The highest BCUT2D eigenvalue weighted by Crippen LogP contribution is 2.28. The number of hydrogen-bond acceptors (Lipinski definition) is 2. The average Bonchev–Trinajstić information content (AvgIpc) is 2.65. The van der Waals surface area contributed by atoms with E-state index in [1.807, 2.05) is 14.0 Å². The average molecular weight is 212 g/mol. The van der Waals surface area contributed by atoms with Crippen LogP contribution in [0.5, 0.6) is 0 Å². The zero-order valence-electron chi connectivity index (χ0n) is 10.2. The van der Waals surface area contributed by atoms with E-state index < -0.39 is 0 Å². The molecule has 15 heavy (non-hydrogen) atoms. The molecule has 0 heterocycles. The fourth-order valence-electron chi connectivity index (χ4n) is 2.44. The van der Waals surface area contributed by atoms with Gasteiger partial charge in [-0.1, -0.05) is 26.7 Å². The van der Waals surface area contributed by atoms with E-state index >= 15 is 0 Å². The van der Waals surface area contributed by atoms with Crippen molar-refractivity contribution in [1.82, 2.24) is 10.6 Å². The topological polar surface area (TPSA) is 41.1 Å². The number of amides is 1. The van der Waals surface area contributed by atoms with E-state index in [-0.39, 0.29) is 11.8 Å². The van der Waals surface area contributed by atoms with E-state index in [0.29, 0.717) is 12.0 Å². The normalized spacial score (nSPS) is 27.7. The van der Waals surface area contributed by atoms with Gasteiger partial charge in [0.05, 0.1) is 0 Å². The molecule has 88 valence electrons. The molecule has 3 atom stereocenters. The molecule has 3 heteroatoms. The van der Waals surface area contributed by atoms with Gasteiger partial charge in [0.25, 0.3) is 0 Å². The molecule has 0 aromatic rings. The highest BCUT2D eigenvalue weighted by Gasteiger charge is 2.27. The third-order valence-electron chi connectivity index (χ3n) is 3.47. The molecule has 0 aliphatic heterocycles. The first-order chi connectivity index (χ1) is 7.19. The second-order valence-corrected chi connectivity index (χ2v) is 4.67. The minimum Gasteiger partial charge on any atom is -0.353 e. The predicted molar refractivity (Wildman–Crippen MR) is 62.7 cm³/mol. The zero-order valence-corrected chi connectivity index (χ0v) is 10.2. The minimum atomic E-state index is 0.0770. The van der Waals surface area contributed by atoms with E-state index in [9.17, 15) is 4.79 Å². The summed E-state index contributed by atoms with van der Waals surface area (Å²) in [4.78, 5) is 11.8. The SMILES string of the molecule is CCC1CCCC1NC(=O)C(C)CNC. The Balaban J connectivity index is 2.36. The summed E-state index contributed by atoms with van der Waals surface area (Å²) < 4.78 is 0. The molecule has 1 saturated carbocycles. The van der Waals surface area contributed by atoms with Crippen molar-refractivity contribution >= 4 is 5.91 Å². The van der Waals surface area contributed by atoms with E-state index in [1.165, 1.54) is 19.3 Å². The summed E-state index contributed by atoms with van der Waals surface area (Å²) in [7, 11) is 1.88. The summed E-state index contributed by atoms with van der Waals surface area (Å²) in [6.45, 7) is 4.95. The van der Waals surface area contributed by atoms with Gasteiger partial charge in [0.1, 0.15) is 0 Å². The lowest BCUT2D eigenvalue weighted by atomic mass is 10.00. The second kappa shape index (κ2) is 6.11. The van der Waals surface area contributed by atoms with Crippen LogP contribution in [0.4, 0.5) is 0 Å². The molecule has 0 radical (unpaired) electrons. The summed E-state index contributed by atoms with van der Waals surface area (Å²) in [6, 6.07) is 0.432. The van der Waals surface area contributed by atoms with Gasteiger partial charge in [0.2, 0.25) is 5.91 Å². The number of nitrogens with one attached hydrogen (secondary N) is 2. The first kappa shape index (κ1) is 12.5. The third-order valence-corrected chi connectivity index (χ3v) is 3.47. The van der Waals surface area contributed by atoms with Crippen molar-refractivity contribution in [2.75, 3.05) is 13.6 Å². The third kappa shape index (κ3) is 3.49. The zero-order chi connectivity index (χ0) is 11.3. The number of hydrogen-bond donors (Lipinski definition) is 2. The van der Waals surface area contributed by atoms with Crippen molar-refractivity contribution in [2.24, 2.45) is 11.8 Å². The van der Waals surface area contributed by atoms with Crippen molar-refractivity contribution in [2.45, 2.75) is 45.6 Å². The molecule has 1 amide bonds. The molecule has 0 saturated heterocycles. The molecule has 0 bridgehead atoms. The van der Waals surface area contributed by atoms with Gasteiger partial charge >= 0.3 is 0 Å². The molecule has 3 nitrogen and oxygen atoms in total. The summed E-state index contributed by atoms with van der Waals surface area (Å²) in [5.41, 5.74) is 0. The van der Waals surface area contributed by atoms with Crippen LogP contribution in [0.3, 0.4) is 0 Å². The van der Waals surface area contributed by atoms with Crippen molar-refractivity contribution in [3.8, 4) is 0 Å². The lowest BCUT2D eigenvalue weighted by Gasteiger charge is -2.21. The van der Waals surface area contributed by atoms with Crippen LogP contribution < -0.4 is 10.6 Å². The molecule has 1 fully saturated rings. The Hall–Kier alpha value is -0.570. The minimum absolute atomic E-state index is 0.0770. The Kier molecular flexibility index (Phi) is 5.09. The quantitative estimate of drug-likeness (QED) is 0.726. The number of carbonyl (C=O) groups excluding carboxylic acids is 1. The Morgan fingerprint density at radius 1 is 1.47 bits per heavy atom. The maximum absolute atomic E-state index is 11.8. The molecule has 2 N–H and O–H groups in total. The molecule has 1 rings (SSSR count). The maximum Gasteiger partial charge on any atom is 0.224 e. The second-order valence-electron chi connectivity index (χ2n) is 4.67. The predicted octanol–water partition coefficient (Wildman–Crippen LogP) is 1.54. The summed E-state index contributed by atoms with van der Waals surface area (Å²) in [5.74, 6) is 0.985. The van der Waals surface area contributed by atoms with Gasteiger partial charge in [-0.3, -0.25) is 4.79 Å². The van der Waals surface area contributed by atoms with Gasteiger partial charge in [-0.2, -0.15) is 0 Å². The van der Waals surface area contributed by atoms with Crippen LogP contribution in [0.2, 0.25) is 0 Å². The van der Waals surface area contributed by atoms with Gasteiger partial charge < -0.3 is 10.6 Å². The number of rotatable bonds is 5. The van der Waals surface area contributed by atoms with Crippen molar-refractivity contribution in [3.05, 3.63) is 0 Å². The molecule has 0 spiro atoms. The van der Waals surface area contributed by atoms with Crippen LogP contribution in [0, 0.1) is 11.8 Å². The fourth-order valence-corrected chi connectivity index (χ4v) is 2.44. The molecule has 1 aliphatic rings. The van der Waals surface area contributed by atoms with Gasteiger partial charge in [-0.15, -0.1) is 0 Å². The Labute approximate surface area is 93.0 Å². The van der Waals surface area contributed by atoms with E-state index in [0.717, 1.165) is 13.0 Å². The molecule has 0 aromatic carbocycles. The van der Waals surface area contributed by atoms with E-state index in [4.69, 9.17) is 0 Å². The molecule has 1 aliphatic carbocycles. The monoisotopic (exact) mass is 212 g/mol. The van der Waals surface area contributed by atoms with E-state index in [2.05, 4.69) is 17.6 Å². The first-order valence-corrected chi connectivity index (χ1v) is 6.14. The lowest BCUT2D eigenvalue weighted by Crippen LogP contribution is -2.42. The summed E-state index contributed by atoms with van der Waals surface area (Å²) >= 11 is 0. The molecule has 0 aromatic heterocycles. The summed E-state index contributed by atoms with van der Waals surface area (Å²) in [5, 5.41) is 6.22. The van der Waals surface area contributed by atoms with Crippen molar-refractivity contribution < 1.29 is 4.79 Å². The molecular weight excluding hydrogens is 188 g/mol. The van der Waals surface area contributed by atoms with Crippen LogP contribution in [-0.2, 0) is 4.79 Å². The Morgan fingerprint density at radius 2 is 2.20 bits per heavy atom. The smallest absolute Gasteiger partial charge is 0.224 e. The molecular formula is C12H24N2O. The maximum atomic E-state index is 11.8. The van der Waals surface area contributed by atoms with Gasteiger partial charge in [-0.05, 0) is 25.8 Å². The molecule has 3 unspecified atom stereocenters. The number of carbonyl (C=O) groups is 1. The summed E-state index contributed by atoms with van der Waals surface area (Å²) in [6.07, 6.45) is 4.90. The highest BCUT2D eigenvalue weighted by molar-refractivity contribution is 5.78. The van der Waals surface area contributed by atoms with Crippen LogP contribution >= 0.6 is 0 Å². The standard InChI is InChI=1S/C12H24N2O/c1-4-10-6-5-7-11(10)14-12(15)9(2)8-13-3/h9-11,13H,4-8H2,1-3H3,(H,14,15).